The number of ether oxygens (including phenoxy) is 1. The van der Waals surface area contributed by atoms with E-state index in [1.807, 2.05) is 27.7 Å². The summed E-state index contributed by atoms with van der Waals surface area (Å²) < 4.78 is 21.4. The van der Waals surface area contributed by atoms with E-state index in [1.54, 1.807) is 6.92 Å². The molecule has 0 spiro atoms. The Bertz CT molecular complexity index is 888. The maximum absolute atomic E-state index is 15.6. The van der Waals surface area contributed by atoms with Crippen LogP contribution in [0.3, 0.4) is 0 Å². The summed E-state index contributed by atoms with van der Waals surface area (Å²) in [6, 6.07) is 0. The molecular formula is C23H30FNO4. The van der Waals surface area contributed by atoms with Gasteiger partial charge < -0.3 is 14.7 Å². The number of allylic oxidation sites excluding steroid dienone is 2. The number of ketones is 1. The van der Waals surface area contributed by atoms with Crippen molar-refractivity contribution in [3.05, 3.63) is 39.1 Å². The lowest BCUT2D eigenvalue weighted by Gasteiger charge is -2.31. The van der Waals surface area contributed by atoms with Crippen LogP contribution in [0.4, 0.5) is 4.39 Å². The van der Waals surface area contributed by atoms with Crippen molar-refractivity contribution in [2.75, 3.05) is 13.2 Å². The molecule has 0 saturated heterocycles. The first-order valence-corrected chi connectivity index (χ1v) is 10.4. The minimum Gasteiger partial charge on any atom is -0.508 e. The van der Waals surface area contributed by atoms with E-state index in [4.69, 9.17) is 9.57 Å². The highest BCUT2D eigenvalue weighted by molar-refractivity contribution is 6.23. The number of benzene rings is 1. The highest BCUT2D eigenvalue weighted by Crippen LogP contribution is 2.45. The van der Waals surface area contributed by atoms with Crippen molar-refractivity contribution in [2.24, 2.45) is 5.16 Å². The van der Waals surface area contributed by atoms with E-state index in [0.29, 0.717) is 38.2 Å². The number of Topliss-reactive ketones (excluding diaryl/α,β-unsaturated/α-hetero) is 1. The van der Waals surface area contributed by atoms with Crippen molar-refractivity contribution >= 4 is 11.5 Å². The number of fused-ring (bicyclic) bond motifs is 1. The molecule has 5 nitrogen and oxygen atoms in total. The van der Waals surface area contributed by atoms with Gasteiger partial charge in [0.1, 0.15) is 18.1 Å². The fourth-order valence-electron chi connectivity index (χ4n) is 4.46. The van der Waals surface area contributed by atoms with E-state index in [-0.39, 0.29) is 17.8 Å². The Balaban J connectivity index is 2.09. The summed E-state index contributed by atoms with van der Waals surface area (Å²) in [7, 11) is 0. The van der Waals surface area contributed by atoms with E-state index in [2.05, 4.69) is 5.16 Å². The van der Waals surface area contributed by atoms with Crippen molar-refractivity contribution in [1.29, 1.82) is 0 Å². The van der Waals surface area contributed by atoms with Crippen molar-refractivity contribution < 1.29 is 23.9 Å². The number of halogens is 1. The molecule has 29 heavy (non-hydrogen) atoms. The van der Waals surface area contributed by atoms with Gasteiger partial charge in [-0.1, -0.05) is 18.5 Å². The summed E-state index contributed by atoms with van der Waals surface area (Å²) in [4.78, 5) is 18.1. The summed E-state index contributed by atoms with van der Waals surface area (Å²) in [5.74, 6) is -0.736. The first kappa shape index (κ1) is 21.3. The normalized spacial score (nSPS) is 22.0. The predicted octanol–water partition coefficient (Wildman–Crippen LogP) is 4.95. The second-order valence-corrected chi connectivity index (χ2v) is 7.80. The van der Waals surface area contributed by atoms with Crippen molar-refractivity contribution in [3.63, 3.8) is 0 Å². The van der Waals surface area contributed by atoms with Gasteiger partial charge in [0.15, 0.2) is 12.0 Å². The van der Waals surface area contributed by atoms with E-state index < -0.39 is 17.8 Å². The molecule has 1 aromatic carbocycles. The molecule has 1 N–H and O–H groups in total. The fourth-order valence-corrected chi connectivity index (χ4v) is 4.46. The number of hydrogen-bond acceptors (Lipinski definition) is 5. The lowest BCUT2D eigenvalue weighted by atomic mass is 9.75. The van der Waals surface area contributed by atoms with Gasteiger partial charge in [-0.05, 0) is 56.4 Å². The van der Waals surface area contributed by atoms with Crippen molar-refractivity contribution in [3.8, 4) is 5.75 Å². The monoisotopic (exact) mass is 403 g/mol. The first-order chi connectivity index (χ1) is 13.8. The van der Waals surface area contributed by atoms with Gasteiger partial charge in [-0.15, -0.1) is 0 Å². The van der Waals surface area contributed by atoms with Crippen LogP contribution in [0.5, 0.6) is 5.75 Å². The molecular weight excluding hydrogens is 373 g/mol. The molecule has 0 radical (unpaired) electrons. The third-order valence-electron chi connectivity index (χ3n) is 6.07. The Morgan fingerprint density at radius 2 is 1.97 bits per heavy atom. The molecule has 0 fully saturated rings. The van der Waals surface area contributed by atoms with Crippen LogP contribution in [0.15, 0.2) is 16.5 Å². The van der Waals surface area contributed by atoms with E-state index in [0.717, 1.165) is 33.6 Å². The molecule has 1 aromatic rings. The summed E-state index contributed by atoms with van der Waals surface area (Å²) in [5, 5.41) is 14.7. The number of alkyl halides is 1. The minimum absolute atomic E-state index is 0.00873. The minimum atomic E-state index is -1.67. The van der Waals surface area contributed by atoms with Crippen LogP contribution in [0.1, 0.15) is 66.8 Å². The molecule has 2 unspecified atom stereocenters. The van der Waals surface area contributed by atoms with Gasteiger partial charge in [-0.3, -0.25) is 4.79 Å². The summed E-state index contributed by atoms with van der Waals surface area (Å²) >= 11 is 0. The van der Waals surface area contributed by atoms with Crippen LogP contribution in [0.2, 0.25) is 0 Å². The SMILES string of the molecule is CCCC(=NOCC)C1=C(O)C(F)C(c2c(C)c(C)c(C)c3c2CCO3)CC1=O. The van der Waals surface area contributed by atoms with Crippen LogP contribution in [-0.4, -0.2) is 36.0 Å². The lowest BCUT2D eigenvalue weighted by Crippen LogP contribution is -2.32. The number of aliphatic hydroxyl groups is 1. The molecule has 2 aliphatic rings. The largest absolute Gasteiger partial charge is 0.508 e. The van der Waals surface area contributed by atoms with Crippen LogP contribution < -0.4 is 4.74 Å². The van der Waals surface area contributed by atoms with Gasteiger partial charge in [0, 0.05) is 24.3 Å². The standard InChI is InChI=1S/C23H30FNO4/c1-6-8-17(25-29-7-2)20-18(26)11-16(21(24)22(20)27)19-13(4)12(3)14(5)23-15(19)9-10-28-23/h16,21,27H,6-11H2,1-5H3. The number of hydrogen-bond donors (Lipinski definition) is 1. The van der Waals surface area contributed by atoms with Gasteiger partial charge in [-0.25, -0.2) is 4.39 Å². The van der Waals surface area contributed by atoms with Crippen LogP contribution >= 0.6 is 0 Å². The van der Waals surface area contributed by atoms with E-state index >= 15 is 4.39 Å². The third-order valence-corrected chi connectivity index (χ3v) is 6.07. The smallest absolute Gasteiger partial charge is 0.169 e. The molecule has 3 rings (SSSR count). The number of carbonyl (C=O) groups is 1. The number of oxime groups is 1. The molecule has 1 heterocycles. The summed E-state index contributed by atoms with van der Waals surface area (Å²) in [5.41, 5.74) is 5.16. The Labute approximate surface area is 171 Å². The Morgan fingerprint density at radius 3 is 2.62 bits per heavy atom. The van der Waals surface area contributed by atoms with Gasteiger partial charge in [0.2, 0.25) is 0 Å². The topological polar surface area (TPSA) is 68.1 Å². The highest BCUT2D eigenvalue weighted by atomic mass is 19.1. The van der Waals surface area contributed by atoms with Gasteiger partial charge in [0.05, 0.1) is 17.9 Å². The molecule has 158 valence electrons. The lowest BCUT2D eigenvalue weighted by molar-refractivity contribution is -0.116. The number of aliphatic hydroxyl groups excluding tert-OH is 1. The Morgan fingerprint density at radius 1 is 1.24 bits per heavy atom. The molecule has 2 atom stereocenters. The summed E-state index contributed by atoms with van der Waals surface area (Å²) in [6.07, 6.45) is 0.155. The highest BCUT2D eigenvalue weighted by Gasteiger charge is 2.42. The molecule has 1 aliphatic heterocycles. The maximum Gasteiger partial charge on any atom is 0.169 e. The van der Waals surface area contributed by atoms with Crippen LogP contribution in [0.25, 0.3) is 0 Å². The van der Waals surface area contributed by atoms with Crippen molar-refractivity contribution in [2.45, 2.75) is 72.4 Å². The Kier molecular flexibility index (Phi) is 6.30. The van der Waals surface area contributed by atoms with Crippen LogP contribution in [0, 0.1) is 20.8 Å². The average Bonchev–Trinajstić information content (AvgIpc) is 3.17. The molecule has 0 bridgehead atoms. The molecule has 0 amide bonds. The number of rotatable bonds is 6. The van der Waals surface area contributed by atoms with Gasteiger partial charge in [0.25, 0.3) is 0 Å². The third kappa shape index (κ3) is 3.65. The molecule has 6 heteroatoms. The molecule has 0 saturated carbocycles. The van der Waals surface area contributed by atoms with E-state index in [9.17, 15) is 9.90 Å². The zero-order valence-electron chi connectivity index (χ0n) is 17.9. The quantitative estimate of drug-likeness (QED) is 0.539. The zero-order chi connectivity index (χ0) is 21.3. The van der Waals surface area contributed by atoms with E-state index in [1.165, 1.54) is 0 Å². The second-order valence-electron chi connectivity index (χ2n) is 7.80. The zero-order valence-corrected chi connectivity index (χ0v) is 17.9. The van der Waals surface area contributed by atoms with Crippen molar-refractivity contribution in [1.82, 2.24) is 0 Å². The molecule has 0 aromatic heterocycles. The van der Waals surface area contributed by atoms with Crippen LogP contribution in [-0.2, 0) is 16.1 Å². The maximum atomic E-state index is 15.6. The predicted molar refractivity (Wildman–Crippen MR) is 111 cm³/mol. The first-order valence-electron chi connectivity index (χ1n) is 10.4. The average molecular weight is 403 g/mol. The summed E-state index contributed by atoms with van der Waals surface area (Å²) in [6.45, 7) is 10.6. The fraction of sp³-hybridized carbons (Fsp3) is 0.565. The molecule has 1 aliphatic carbocycles. The number of carbonyl (C=O) groups excluding carboxylic acids is 1. The van der Waals surface area contributed by atoms with Gasteiger partial charge >= 0.3 is 0 Å². The van der Waals surface area contributed by atoms with Gasteiger partial charge in [-0.2, -0.15) is 0 Å². The Hall–Kier alpha value is -2.37. The number of nitrogens with zero attached hydrogens (tertiary/aromatic N) is 1. The second kappa shape index (κ2) is 8.56.